The fourth-order valence-corrected chi connectivity index (χ4v) is 3.01. The van der Waals surface area contributed by atoms with Crippen molar-refractivity contribution in [2.75, 3.05) is 26.7 Å². The van der Waals surface area contributed by atoms with Crippen LogP contribution in [0.25, 0.3) is 0 Å². The van der Waals surface area contributed by atoms with Crippen LogP contribution in [-0.4, -0.2) is 37.6 Å². The number of hydrogen-bond acceptors (Lipinski definition) is 3. The number of nitrogens with zero attached hydrogens (tertiary/aromatic N) is 1. The van der Waals surface area contributed by atoms with E-state index >= 15 is 0 Å². The van der Waals surface area contributed by atoms with Crippen LogP contribution >= 0.6 is 11.3 Å². The van der Waals surface area contributed by atoms with Crippen molar-refractivity contribution in [2.24, 2.45) is 0 Å². The smallest absolute Gasteiger partial charge is 0.0194 e. The van der Waals surface area contributed by atoms with Gasteiger partial charge in [-0.15, -0.1) is 0 Å². The maximum Gasteiger partial charge on any atom is 0.0194 e. The predicted octanol–water partition coefficient (Wildman–Crippen LogP) is 2.36. The lowest BCUT2D eigenvalue weighted by molar-refractivity contribution is 0.264. The summed E-state index contributed by atoms with van der Waals surface area (Å²) in [7, 11) is 2.24. The predicted molar refractivity (Wildman–Crippen MR) is 71.2 cm³/mol. The van der Waals surface area contributed by atoms with Gasteiger partial charge in [0.2, 0.25) is 0 Å². The van der Waals surface area contributed by atoms with Gasteiger partial charge in [0.15, 0.2) is 0 Å². The summed E-state index contributed by atoms with van der Waals surface area (Å²) < 4.78 is 0. The van der Waals surface area contributed by atoms with Gasteiger partial charge in [-0.05, 0) is 55.2 Å². The normalized spacial score (nSPS) is 21.5. The Bertz CT molecular complexity index is 278. The van der Waals surface area contributed by atoms with Crippen molar-refractivity contribution in [3.8, 4) is 0 Å². The van der Waals surface area contributed by atoms with Gasteiger partial charge < -0.3 is 10.2 Å². The van der Waals surface area contributed by atoms with Crippen LogP contribution < -0.4 is 5.32 Å². The number of nitrogens with one attached hydrogen (secondary N) is 1. The van der Waals surface area contributed by atoms with E-state index in [-0.39, 0.29) is 0 Å². The monoisotopic (exact) mass is 238 g/mol. The van der Waals surface area contributed by atoms with Gasteiger partial charge >= 0.3 is 0 Å². The number of likely N-dealkylation sites (N-methyl/N-ethyl adjacent to an activating group) is 1. The summed E-state index contributed by atoms with van der Waals surface area (Å²) in [6.07, 6.45) is 5.29. The summed E-state index contributed by atoms with van der Waals surface area (Å²) in [6.45, 7) is 3.59. The highest BCUT2D eigenvalue weighted by atomic mass is 32.1. The van der Waals surface area contributed by atoms with E-state index in [1.165, 1.54) is 50.9 Å². The van der Waals surface area contributed by atoms with Crippen molar-refractivity contribution >= 4 is 11.3 Å². The SMILES string of the molecule is CN(CCc1ccsc1)CC1CCCCN1. The van der Waals surface area contributed by atoms with Gasteiger partial charge in [0.25, 0.3) is 0 Å². The highest BCUT2D eigenvalue weighted by molar-refractivity contribution is 7.07. The molecule has 2 rings (SSSR count). The van der Waals surface area contributed by atoms with Gasteiger partial charge in [0.1, 0.15) is 0 Å². The zero-order chi connectivity index (χ0) is 11.2. The largest absolute Gasteiger partial charge is 0.313 e. The van der Waals surface area contributed by atoms with E-state index in [1.807, 2.05) is 0 Å². The minimum Gasteiger partial charge on any atom is -0.313 e. The Morgan fingerprint density at radius 1 is 1.50 bits per heavy atom. The van der Waals surface area contributed by atoms with E-state index in [1.54, 1.807) is 11.3 Å². The first-order chi connectivity index (χ1) is 7.84. The standard InChI is InChI=1S/C13H22N2S/c1-15(8-5-12-6-9-16-11-12)10-13-4-2-3-7-14-13/h6,9,11,13-14H,2-5,7-8,10H2,1H3. The average molecular weight is 238 g/mol. The van der Waals surface area contributed by atoms with E-state index in [2.05, 4.69) is 34.1 Å². The second-order valence-corrected chi connectivity index (χ2v) is 5.57. The summed E-state index contributed by atoms with van der Waals surface area (Å²) in [4.78, 5) is 2.46. The topological polar surface area (TPSA) is 15.3 Å². The molecule has 2 nitrogen and oxygen atoms in total. The van der Waals surface area contributed by atoms with Crippen LogP contribution in [0.1, 0.15) is 24.8 Å². The summed E-state index contributed by atoms with van der Waals surface area (Å²) in [5.41, 5.74) is 1.48. The number of thiophene rings is 1. The molecule has 90 valence electrons. The molecule has 0 aliphatic carbocycles. The first-order valence-electron chi connectivity index (χ1n) is 6.27. The molecule has 1 aliphatic heterocycles. The fraction of sp³-hybridized carbons (Fsp3) is 0.692. The Kier molecular flexibility index (Phi) is 4.82. The van der Waals surface area contributed by atoms with Crippen LogP contribution in [0, 0.1) is 0 Å². The van der Waals surface area contributed by atoms with E-state index in [0.717, 1.165) is 6.04 Å². The van der Waals surface area contributed by atoms with Crippen LogP contribution in [-0.2, 0) is 6.42 Å². The molecule has 1 aromatic heterocycles. The van der Waals surface area contributed by atoms with Crippen LogP contribution in [0.3, 0.4) is 0 Å². The Balaban J connectivity index is 1.65. The maximum atomic E-state index is 3.60. The third-order valence-corrected chi connectivity index (χ3v) is 4.04. The van der Waals surface area contributed by atoms with Gasteiger partial charge in [0.05, 0.1) is 0 Å². The minimum absolute atomic E-state index is 0.723. The maximum absolute atomic E-state index is 3.60. The Morgan fingerprint density at radius 3 is 3.12 bits per heavy atom. The average Bonchev–Trinajstić information content (AvgIpc) is 2.81. The van der Waals surface area contributed by atoms with Crippen molar-refractivity contribution in [3.63, 3.8) is 0 Å². The zero-order valence-corrected chi connectivity index (χ0v) is 10.9. The number of piperidine rings is 1. The lowest BCUT2D eigenvalue weighted by Crippen LogP contribution is -2.42. The van der Waals surface area contributed by atoms with Gasteiger partial charge in [-0.1, -0.05) is 6.42 Å². The molecule has 1 aliphatic rings. The molecule has 1 atom stereocenters. The number of rotatable bonds is 5. The van der Waals surface area contributed by atoms with E-state index in [4.69, 9.17) is 0 Å². The summed E-state index contributed by atoms with van der Waals surface area (Å²) in [5.74, 6) is 0. The Morgan fingerprint density at radius 2 is 2.44 bits per heavy atom. The zero-order valence-electron chi connectivity index (χ0n) is 10.1. The van der Waals surface area contributed by atoms with Gasteiger partial charge in [0, 0.05) is 19.1 Å². The number of hydrogen-bond donors (Lipinski definition) is 1. The summed E-state index contributed by atoms with van der Waals surface area (Å²) in [6, 6.07) is 2.96. The van der Waals surface area contributed by atoms with E-state index < -0.39 is 0 Å². The van der Waals surface area contributed by atoms with Crippen molar-refractivity contribution in [3.05, 3.63) is 22.4 Å². The highest BCUT2D eigenvalue weighted by Crippen LogP contribution is 2.10. The Labute approximate surface area is 103 Å². The minimum atomic E-state index is 0.723. The fourth-order valence-electron chi connectivity index (χ4n) is 2.30. The molecule has 0 amide bonds. The second-order valence-electron chi connectivity index (χ2n) is 4.79. The van der Waals surface area contributed by atoms with Crippen LogP contribution in [0.4, 0.5) is 0 Å². The lowest BCUT2D eigenvalue weighted by Gasteiger charge is -2.28. The molecule has 1 unspecified atom stereocenters. The van der Waals surface area contributed by atoms with Crippen molar-refractivity contribution < 1.29 is 0 Å². The quantitative estimate of drug-likeness (QED) is 0.847. The molecule has 1 N–H and O–H groups in total. The molecule has 1 saturated heterocycles. The second kappa shape index (κ2) is 6.38. The van der Waals surface area contributed by atoms with E-state index in [9.17, 15) is 0 Å². The molecule has 3 heteroatoms. The van der Waals surface area contributed by atoms with Crippen molar-refractivity contribution in [1.29, 1.82) is 0 Å². The highest BCUT2D eigenvalue weighted by Gasteiger charge is 2.14. The summed E-state index contributed by atoms with van der Waals surface area (Å²) >= 11 is 1.80. The van der Waals surface area contributed by atoms with E-state index in [0.29, 0.717) is 0 Å². The third kappa shape index (κ3) is 3.89. The molecule has 1 aromatic rings. The summed E-state index contributed by atoms with van der Waals surface area (Å²) in [5, 5.41) is 8.02. The van der Waals surface area contributed by atoms with Crippen LogP contribution in [0.5, 0.6) is 0 Å². The van der Waals surface area contributed by atoms with Crippen molar-refractivity contribution in [2.45, 2.75) is 31.7 Å². The van der Waals surface area contributed by atoms with Crippen LogP contribution in [0.15, 0.2) is 16.8 Å². The molecule has 0 radical (unpaired) electrons. The first-order valence-corrected chi connectivity index (χ1v) is 7.22. The molecule has 16 heavy (non-hydrogen) atoms. The molecule has 0 aromatic carbocycles. The first kappa shape index (κ1) is 12.1. The third-order valence-electron chi connectivity index (χ3n) is 3.31. The molecule has 1 fully saturated rings. The molecule has 0 saturated carbocycles. The lowest BCUT2D eigenvalue weighted by atomic mass is 10.0. The molecule has 0 bridgehead atoms. The molecule has 0 spiro atoms. The van der Waals surface area contributed by atoms with Gasteiger partial charge in [-0.25, -0.2) is 0 Å². The molecular weight excluding hydrogens is 216 g/mol. The van der Waals surface area contributed by atoms with Crippen molar-refractivity contribution in [1.82, 2.24) is 10.2 Å². The molecule has 2 heterocycles. The Hall–Kier alpha value is -0.380. The van der Waals surface area contributed by atoms with Gasteiger partial charge in [-0.2, -0.15) is 11.3 Å². The van der Waals surface area contributed by atoms with Crippen LogP contribution in [0.2, 0.25) is 0 Å². The van der Waals surface area contributed by atoms with Gasteiger partial charge in [-0.3, -0.25) is 0 Å². The molecular formula is C13H22N2S.